The second kappa shape index (κ2) is 6.97. The Morgan fingerprint density at radius 1 is 1.33 bits per heavy atom. The molecule has 0 aliphatic rings. The van der Waals surface area contributed by atoms with Crippen molar-refractivity contribution in [2.75, 3.05) is 6.61 Å². The number of carbonyl (C=O) groups excluding carboxylic acids is 1. The van der Waals surface area contributed by atoms with Crippen molar-refractivity contribution in [2.45, 2.75) is 59.2 Å². The molecular formula is C14H28O3Si. The standard InChI is InChI=1S/C14H28O3Si/c1-8-16-13(15)11-12(2)9-10-17-18(6,7)14(3,4)5/h9-10,12H,8,11H2,1-7H3/b10-9-. The fourth-order valence-electron chi connectivity index (χ4n) is 1.07. The number of ether oxygens (including phenoxy) is 1. The van der Waals surface area contributed by atoms with E-state index in [-0.39, 0.29) is 16.9 Å². The second-order valence-electron chi connectivity index (χ2n) is 6.19. The summed E-state index contributed by atoms with van der Waals surface area (Å²) in [6.45, 7) is 15.3. The van der Waals surface area contributed by atoms with Gasteiger partial charge in [-0.3, -0.25) is 4.79 Å². The number of rotatable bonds is 6. The summed E-state index contributed by atoms with van der Waals surface area (Å²) in [6, 6.07) is 0. The summed E-state index contributed by atoms with van der Waals surface area (Å²) in [6.07, 6.45) is 4.12. The fraction of sp³-hybridized carbons (Fsp3) is 0.786. The van der Waals surface area contributed by atoms with Crippen LogP contribution in [0.25, 0.3) is 0 Å². The van der Waals surface area contributed by atoms with Crippen molar-refractivity contribution >= 4 is 14.3 Å². The summed E-state index contributed by atoms with van der Waals surface area (Å²) in [5.74, 6) is -0.00389. The van der Waals surface area contributed by atoms with Gasteiger partial charge in [0.2, 0.25) is 8.32 Å². The van der Waals surface area contributed by atoms with Crippen molar-refractivity contribution in [1.29, 1.82) is 0 Å². The van der Waals surface area contributed by atoms with Crippen LogP contribution in [0.1, 0.15) is 41.0 Å². The molecule has 0 spiro atoms. The van der Waals surface area contributed by atoms with Crippen LogP contribution in [0.3, 0.4) is 0 Å². The molecular weight excluding hydrogens is 244 g/mol. The first-order valence-corrected chi connectivity index (χ1v) is 9.51. The molecule has 0 aromatic rings. The van der Waals surface area contributed by atoms with E-state index in [9.17, 15) is 4.79 Å². The van der Waals surface area contributed by atoms with E-state index in [1.807, 2.05) is 19.9 Å². The largest absolute Gasteiger partial charge is 0.549 e. The summed E-state index contributed by atoms with van der Waals surface area (Å²) >= 11 is 0. The van der Waals surface area contributed by atoms with E-state index < -0.39 is 8.32 Å². The van der Waals surface area contributed by atoms with Gasteiger partial charge in [-0.1, -0.05) is 27.7 Å². The number of hydrogen-bond donors (Lipinski definition) is 0. The molecule has 0 saturated heterocycles. The average molecular weight is 272 g/mol. The smallest absolute Gasteiger partial charge is 0.306 e. The molecule has 106 valence electrons. The zero-order valence-electron chi connectivity index (χ0n) is 12.9. The van der Waals surface area contributed by atoms with Crippen molar-refractivity contribution in [3.05, 3.63) is 12.3 Å². The Morgan fingerprint density at radius 3 is 2.33 bits per heavy atom. The van der Waals surface area contributed by atoms with Crippen LogP contribution < -0.4 is 0 Å². The van der Waals surface area contributed by atoms with Crippen LogP contribution in [-0.2, 0) is 14.0 Å². The zero-order valence-corrected chi connectivity index (χ0v) is 13.9. The Hall–Kier alpha value is -0.773. The summed E-state index contributed by atoms with van der Waals surface area (Å²) in [5, 5.41) is 0.196. The third kappa shape index (κ3) is 6.24. The quantitative estimate of drug-likeness (QED) is 0.415. The lowest BCUT2D eigenvalue weighted by atomic mass is 10.1. The van der Waals surface area contributed by atoms with Crippen LogP contribution in [-0.4, -0.2) is 20.9 Å². The molecule has 3 nitrogen and oxygen atoms in total. The SMILES string of the molecule is CCOC(=O)CC(C)/C=C\O[Si](C)(C)C(C)(C)C. The van der Waals surface area contributed by atoms with E-state index in [0.717, 1.165) is 0 Å². The Labute approximate surface area is 113 Å². The minimum atomic E-state index is -1.73. The normalized spacial score (nSPS) is 14.6. The minimum absolute atomic E-state index is 0.147. The Morgan fingerprint density at radius 2 is 1.89 bits per heavy atom. The van der Waals surface area contributed by atoms with E-state index in [4.69, 9.17) is 9.16 Å². The van der Waals surface area contributed by atoms with Gasteiger partial charge in [-0.05, 0) is 37.0 Å². The maximum absolute atomic E-state index is 11.3. The number of carbonyl (C=O) groups is 1. The van der Waals surface area contributed by atoms with Gasteiger partial charge in [-0.25, -0.2) is 0 Å². The molecule has 0 fully saturated rings. The molecule has 0 saturated carbocycles. The predicted octanol–water partition coefficient (Wildman–Crippen LogP) is 4.11. The number of allylic oxidation sites excluding steroid dienone is 1. The van der Waals surface area contributed by atoms with E-state index >= 15 is 0 Å². The summed E-state index contributed by atoms with van der Waals surface area (Å²) < 4.78 is 10.8. The highest BCUT2D eigenvalue weighted by Gasteiger charge is 2.37. The highest BCUT2D eigenvalue weighted by Crippen LogP contribution is 2.36. The highest BCUT2D eigenvalue weighted by atomic mass is 28.4. The van der Waals surface area contributed by atoms with Crippen LogP contribution in [0.15, 0.2) is 12.3 Å². The van der Waals surface area contributed by atoms with Crippen LogP contribution in [0.4, 0.5) is 0 Å². The maximum atomic E-state index is 11.3. The van der Waals surface area contributed by atoms with Crippen LogP contribution >= 0.6 is 0 Å². The van der Waals surface area contributed by atoms with Crippen molar-refractivity contribution in [3.8, 4) is 0 Å². The van der Waals surface area contributed by atoms with Gasteiger partial charge in [-0.15, -0.1) is 0 Å². The highest BCUT2D eigenvalue weighted by molar-refractivity contribution is 6.74. The maximum Gasteiger partial charge on any atom is 0.306 e. The third-order valence-corrected chi connectivity index (χ3v) is 7.71. The van der Waals surface area contributed by atoms with Gasteiger partial charge in [0.1, 0.15) is 0 Å². The molecule has 4 heteroatoms. The molecule has 18 heavy (non-hydrogen) atoms. The molecule has 0 aliphatic carbocycles. The van der Waals surface area contributed by atoms with Gasteiger partial charge in [-0.2, -0.15) is 0 Å². The Kier molecular flexibility index (Phi) is 6.67. The Balaban J connectivity index is 4.21. The molecule has 0 rings (SSSR count). The predicted molar refractivity (Wildman–Crippen MR) is 77.8 cm³/mol. The minimum Gasteiger partial charge on any atom is -0.549 e. The monoisotopic (exact) mass is 272 g/mol. The lowest BCUT2D eigenvalue weighted by Gasteiger charge is -2.35. The molecule has 0 aliphatic heterocycles. The van der Waals surface area contributed by atoms with Crippen LogP contribution in [0.5, 0.6) is 0 Å². The van der Waals surface area contributed by atoms with Crippen LogP contribution in [0, 0.1) is 5.92 Å². The molecule has 0 aromatic heterocycles. The molecule has 1 atom stereocenters. The number of esters is 1. The lowest BCUT2D eigenvalue weighted by Crippen LogP contribution is -2.39. The molecule has 1 unspecified atom stereocenters. The fourth-order valence-corrected chi connectivity index (χ4v) is 1.84. The first-order chi connectivity index (χ1) is 8.10. The van der Waals surface area contributed by atoms with Crippen LogP contribution in [0.2, 0.25) is 18.1 Å². The van der Waals surface area contributed by atoms with Gasteiger partial charge in [0.15, 0.2) is 0 Å². The van der Waals surface area contributed by atoms with Gasteiger partial charge >= 0.3 is 5.97 Å². The zero-order chi connectivity index (χ0) is 14.4. The van der Waals surface area contributed by atoms with Gasteiger partial charge in [0.25, 0.3) is 0 Å². The second-order valence-corrected chi connectivity index (χ2v) is 10.9. The topological polar surface area (TPSA) is 35.5 Å². The average Bonchev–Trinajstić information content (AvgIpc) is 2.15. The first kappa shape index (κ1) is 17.2. The van der Waals surface area contributed by atoms with Crippen molar-refractivity contribution in [1.82, 2.24) is 0 Å². The van der Waals surface area contributed by atoms with Gasteiger partial charge < -0.3 is 9.16 Å². The molecule has 0 amide bonds. The summed E-state index contributed by atoms with van der Waals surface area (Å²) in [5.41, 5.74) is 0. The first-order valence-electron chi connectivity index (χ1n) is 6.60. The van der Waals surface area contributed by atoms with Crippen molar-refractivity contribution < 1.29 is 14.0 Å². The lowest BCUT2D eigenvalue weighted by molar-refractivity contribution is -0.143. The van der Waals surface area contributed by atoms with Gasteiger partial charge in [0, 0.05) is 0 Å². The van der Waals surface area contributed by atoms with E-state index in [1.165, 1.54) is 0 Å². The molecule has 0 heterocycles. The summed E-state index contributed by atoms with van der Waals surface area (Å²) in [4.78, 5) is 11.3. The van der Waals surface area contributed by atoms with E-state index in [1.54, 1.807) is 6.26 Å². The van der Waals surface area contributed by atoms with Crippen molar-refractivity contribution in [2.24, 2.45) is 5.92 Å². The summed E-state index contributed by atoms with van der Waals surface area (Å²) in [7, 11) is -1.73. The molecule has 0 radical (unpaired) electrons. The molecule has 0 bridgehead atoms. The Bertz CT molecular complexity index is 290. The van der Waals surface area contributed by atoms with Crippen molar-refractivity contribution in [3.63, 3.8) is 0 Å². The van der Waals surface area contributed by atoms with Gasteiger partial charge in [0.05, 0.1) is 19.3 Å². The number of hydrogen-bond acceptors (Lipinski definition) is 3. The third-order valence-electron chi connectivity index (χ3n) is 3.37. The molecule has 0 N–H and O–H groups in total. The van der Waals surface area contributed by atoms with E-state index in [2.05, 4.69) is 33.9 Å². The molecule has 0 aromatic carbocycles. The van der Waals surface area contributed by atoms with E-state index in [0.29, 0.717) is 13.0 Å².